The Kier molecular flexibility index (Phi) is 8.47. The van der Waals surface area contributed by atoms with E-state index in [9.17, 15) is 9.59 Å². The van der Waals surface area contributed by atoms with E-state index in [1.807, 2.05) is 30.3 Å². The fourth-order valence-corrected chi connectivity index (χ4v) is 3.66. The quantitative estimate of drug-likeness (QED) is 0.425. The Bertz CT molecular complexity index is 918. The Hall–Kier alpha value is -3.10. The van der Waals surface area contributed by atoms with Gasteiger partial charge in [0.05, 0.1) is 20.8 Å². The molecule has 0 bridgehead atoms. The van der Waals surface area contributed by atoms with Gasteiger partial charge in [0.25, 0.3) is 11.8 Å². The molecule has 172 valence electrons. The molecule has 1 N–H and O–H groups in total. The minimum atomic E-state index is -0.566. The number of hydrogen-bond donors (Lipinski definition) is 1. The van der Waals surface area contributed by atoms with Crippen molar-refractivity contribution in [1.82, 2.24) is 10.4 Å². The monoisotopic (exact) mass is 442 g/mol. The van der Waals surface area contributed by atoms with Gasteiger partial charge in [-0.15, -0.1) is 0 Å². The number of nitrogens with one attached hydrogen (secondary N) is 1. The Labute approximate surface area is 188 Å². The largest absolute Gasteiger partial charge is 0.493 e. The molecule has 1 unspecified atom stereocenters. The third-order valence-electron chi connectivity index (χ3n) is 5.43. The lowest BCUT2D eigenvalue weighted by Gasteiger charge is -2.39. The summed E-state index contributed by atoms with van der Waals surface area (Å²) in [6.45, 7) is 1.36. The molecule has 2 aromatic rings. The maximum Gasteiger partial charge on any atom is 0.266 e. The van der Waals surface area contributed by atoms with Crippen LogP contribution in [-0.2, 0) is 27.4 Å². The van der Waals surface area contributed by atoms with E-state index in [-0.39, 0.29) is 18.4 Å². The number of carbonyl (C=O) groups is 2. The molecule has 1 saturated heterocycles. The zero-order valence-corrected chi connectivity index (χ0v) is 18.8. The van der Waals surface area contributed by atoms with Crippen molar-refractivity contribution >= 4 is 11.8 Å². The van der Waals surface area contributed by atoms with Crippen LogP contribution in [0.4, 0.5) is 0 Å². The summed E-state index contributed by atoms with van der Waals surface area (Å²) in [5, 5.41) is 0. The van der Waals surface area contributed by atoms with Gasteiger partial charge in [0.1, 0.15) is 6.04 Å². The minimum Gasteiger partial charge on any atom is -0.493 e. The first-order valence-corrected chi connectivity index (χ1v) is 10.6. The summed E-state index contributed by atoms with van der Waals surface area (Å²) in [6, 6.07) is 12.4. The van der Waals surface area contributed by atoms with Crippen molar-refractivity contribution < 1.29 is 28.6 Å². The van der Waals surface area contributed by atoms with Crippen LogP contribution in [0.3, 0.4) is 0 Å². The van der Waals surface area contributed by atoms with Gasteiger partial charge in [0.2, 0.25) is 0 Å². The molecule has 0 spiro atoms. The summed E-state index contributed by atoms with van der Waals surface area (Å²) in [5.41, 5.74) is 4.73. The van der Waals surface area contributed by atoms with Gasteiger partial charge in [0, 0.05) is 25.8 Å². The summed E-state index contributed by atoms with van der Waals surface area (Å²) < 4.78 is 16.1. The molecular weight excluding hydrogens is 412 g/mol. The van der Waals surface area contributed by atoms with E-state index in [1.165, 1.54) is 7.11 Å². The fourth-order valence-electron chi connectivity index (χ4n) is 3.66. The summed E-state index contributed by atoms with van der Waals surface area (Å²) in [6.07, 6.45) is 2.03. The average molecular weight is 443 g/mol. The summed E-state index contributed by atoms with van der Waals surface area (Å²) in [4.78, 5) is 32.6. The van der Waals surface area contributed by atoms with Crippen LogP contribution in [0.15, 0.2) is 42.5 Å². The van der Waals surface area contributed by atoms with Crippen LogP contribution in [0, 0.1) is 0 Å². The van der Waals surface area contributed by atoms with Gasteiger partial charge in [-0.25, -0.2) is 5.48 Å². The molecule has 8 heteroatoms. The molecule has 0 aliphatic carbocycles. The van der Waals surface area contributed by atoms with E-state index in [0.717, 1.165) is 17.5 Å². The van der Waals surface area contributed by atoms with Crippen molar-refractivity contribution in [3.05, 3.63) is 59.2 Å². The van der Waals surface area contributed by atoms with Crippen molar-refractivity contribution in [2.75, 3.05) is 34.5 Å². The standard InChI is InChI=1S/C24H30N2O6/c1-29-13-7-10-18-14-19(15-21(30-2)22(18)31-3)24(28)26-12-11-20(26)23(27)25-32-16-17-8-5-4-6-9-17/h4-6,8-9,14-15,20H,7,10-13,16H2,1-3H3,(H,25,27). The zero-order chi connectivity index (χ0) is 22.9. The number of aryl methyl sites for hydroxylation is 1. The van der Waals surface area contributed by atoms with Gasteiger partial charge >= 0.3 is 0 Å². The van der Waals surface area contributed by atoms with Gasteiger partial charge in [-0.05, 0) is 42.5 Å². The number of hydrogen-bond acceptors (Lipinski definition) is 6. The van der Waals surface area contributed by atoms with Crippen molar-refractivity contribution in [1.29, 1.82) is 0 Å². The van der Waals surface area contributed by atoms with Crippen LogP contribution in [0.2, 0.25) is 0 Å². The molecule has 8 nitrogen and oxygen atoms in total. The summed E-state index contributed by atoms with van der Waals surface area (Å²) in [7, 11) is 4.76. The number of rotatable bonds is 11. The average Bonchev–Trinajstić information content (AvgIpc) is 2.78. The molecule has 1 aliphatic heterocycles. The number of nitrogens with zero attached hydrogens (tertiary/aromatic N) is 1. The molecule has 2 aromatic carbocycles. The predicted molar refractivity (Wildman–Crippen MR) is 119 cm³/mol. The summed E-state index contributed by atoms with van der Waals surface area (Å²) >= 11 is 0. The van der Waals surface area contributed by atoms with Gasteiger partial charge < -0.3 is 19.1 Å². The van der Waals surface area contributed by atoms with Crippen LogP contribution >= 0.6 is 0 Å². The molecule has 0 saturated carbocycles. The van der Waals surface area contributed by atoms with Crippen LogP contribution in [0.5, 0.6) is 11.5 Å². The van der Waals surface area contributed by atoms with E-state index >= 15 is 0 Å². The molecule has 0 aromatic heterocycles. The molecule has 1 fully saturated rings. The maximum atomic E-state index is 13.2. The topological polar surface area (TPSA) is 86.3 Å². The third kappa shape index (κ3) is 5.57. The Balaban J connectivity index is 1.66. The Morgan fingerprint density at radius 2 is 1.88 bits per heavy atom. The van der Waals surface area contributed by atoms with Gasteiger partial charge in [-0.1, -0.05) is 30.3 Å². The van der Waals surface area contributed by atoms with Gasteiger partial charge in [0.15, 0.2) is 11.5 Å². The molecule has 32 heavy (non-hydrogen) atoms. The molecule has 1 atom stereocenters. The van der Waals surface area contributed by atoms with Crippen molar-refractivity contribution in [3.8, 4) is 11.5 Å². The van der Waals surface area contributed by atoms with Gasteiger partial charge in [-0.2, -0.15) is 0 Å². The predicted octanol–water partition coefficient (Wildman–Crippen LogP) is 2.75. The number of likely N-dealkylation sites (tertiary alicyclic amines) is 1. The molecule has 0 radical (unpaired) electrons. The van der Waals surface area contributed by atoms with E-state index in [1.54, 1.807) is 31.3 Å². The molecule has 1 aliphatic rings. The first kappa shape index (κ1) is 23.6. The third-order valence-corrected chi connectivity index (χ3v) is 5.43. The second kappa shape index (κ2) is 11.5. The van der Waals surface area contributed by atoms with Crippen LogP contribution < -0.4 is 15.0 Å². The first-order chi connectivity index (χ1) is 15.6. The highest BCUT2D eigenvalue weighted by Crippen LogP contribution is 2.34. The molecule has 1 heterocycles. The number of carbonyl (C=O) groups excluding carboxylic acids is 2. The number of methoxy groups -OCH3 is 3. The van der Waals surface area contributed by atoms with Crippen LogP contribution in [-0.4, -0.2) is 57.2 Å². The fraction of sp³-hybridized carbons (Fsp3) is 0.417. The number of ether oxygens (including phenoxy) is 3. The van der Waals surface area contributed by atoms with E-state index in [0.29, 0.717) is 43.1 Å². The highest BCUT2D eigenvalue weighted by atomic mass is 16.7. The Morgan fingerprint density at radius 3 is 2.50 bits per heavy atom. The van der Waals surface area contributed by atoms with Crippen LogP contribution in [0.1, 0.15) is 34.3 Å². The highest BCUT2D eigenvalue weighted by molar-refractivity contribution is 5.99. The van der Waals surface area contributed by atoms with E-state index in [4.69, 9.17) is 19.0 Å². The maximum absolute atomic E-state index is 13.2. The van der Waals surface area contributed by atoms with E-state index < -0.39 is 6.04 Å². The Morgan fingerprint density at radius 1 is 1.09 bits per heavy atom. The number of amides is 2. The second-order valence-corrected chi connectivity index (χ2v) is 7.51. The second-order valence-electron chi connectivity index (χ2n) is 7.51. The lowest BCUT2D eigenvalue weighted by atomic mass is 9.98. The first-order valence-electron chi connectivity index (χ1n) is 10.6. The highest BCUT2D eigenvalue weighted by Gasteiger charge is 2.38. The smallest absolute Gasteiger partial charge is 0.266 e. The number of hydroxylamine groups is 1. The zero-order valence-electron chi connectivity index (χ0n) is 18.8. The lowest BCUT2D eigenvalue weighted by Crippen LogP contribution is -2.58. The lowest BCUT2D eigenvalue weighted by molar-refractivity contribution is -0.143. The van der Waals surface area contributed by atoms with Crippen LogP contribution in [0.25, 0.3) is 0 Å². The molecular formula is C24H30N2O6. The normalized spacial score (nSPS) is 15.1. The van der Waals surface area contributed by atoms with E-state index in [2.05, 4.69) is 5.48 Å². The van der Waals surface area contributed by atoms with Crippen molar-refractivity contribution in [2.45, 2.75) is 31.9 Å². The number of benzene rings is 2. The van der Waals surface area contributed by atoms with Gasteiger partial charge in [-0.3, -0.25) is 14.4 Å². The SMILES string of the molecule is COCCCc1cc(C(=O)N2CCC2C(=O)NOCc2ccccc2)cc(OC)c1OC. The van der Waals surface area contributed by atoms with Crippen molar-refractivity contribution in [3.63, 3.8) is 0 Å². The van der Waals surface area contributed by atoms with Crippen molar-refractivity contribution in [2.24, 2.45) is 0 Å². The minimum absolute atomic E-state index is 0.228. The summed E-state index contributed by atoms with van der Waals surface area (Å²) in [5.74, 6) is 0.528. The molecule has 2 amide bonds. The molecule has 3 rings (SSSR count).